The summed E-state index contributed by atoms with van der Waals surface area (Å²) in [5.74, 6) is -0.391. The summed E-state index contributed by atoms with van der Waals surface area (Å²) in [6.07, 6.45) is 3.25. The first kappa shape index (κ1) is 22.8. The average molecular weight is 496 g/mol. The number of thiophene rings is 1. The van der Waals surface area contributed by atoms with E-state index in [0.29, 0.717) is 40.7 Å². The standard InChI is InChI=1S/C25H25N3O4S2/c29-24(23-9-5-15-33-23)26-20-8-3-6-19(16-20)25(30)28-14-4-7-18-17-21(10-11-22(18)28)34(31,32)27-12-1-2-13-27/h3,5-6,8-11,15-17H,1-2,4,7,12-14H2,(H,26,29). The monoisotopic (exact) mass is 495 g/mol. The van der Waals surface area contributed by atoms with Crippen LogP contribution in [0.2, 0.25) is 0 Å². The van der Waals surface area contributed by atoms with Crippen LogP contribution in [0.15, 0.2) is 64.9 Å². The van der Waals surface area contributed by atoms with Gasteiger partial charge in [-0.25, -0.2) is 8.42 Å². The summed E-state index contributed by atoms with van der Waals surface area (Å²) in [5, 5.41) is 4.68. The van der Waals surface area contributed by atoms with Crippen molar-refractivity contribution in [2.75, 3.05) is 29.9 Å². The van der Waals surface area contributed by atoms with Crippen LogP contribution in [0, 0.1) is 0 Å². The van der Waals surface area contributed by atoms with E-state index in [1.807, 2.05) is 11.4 Å². The van der Waals surface area contributed by atoms with Crippen LogP contribution >= 0.6 is 11.3 Å². The highest BCUT2D eigenvalue weighted by Crippen LogP contribution is 2.32. The molecule has 3 heterocycles. The lowest BCUT2D eigenvalue weighted by atomic mass is 10.0. The van der Waals surface area contributed by atoms with Gasteiger partial charge in [0.2, 0.25) is 10.0 Å². The molecule has 0 bridgehead atoms. The van der Waals surface area contributed by atoms with E-state index < -0.39 is 10.0 Å². The van der Waals surface area contributed by atoms with Crippen molar-refractivity contribution in [3.05, 3.63) is 76.0 Å². The minimum Gasteiger partial charge on any atom is -0.321 e. The molecule has 3 aromatic rings. The van der Waals surface area contributed by atoms with Crippen LogP contribution in [0.3, 0.4) is 0 Å². The van der Waals surface area contributed by atoms with Gasteiger partial charge in [-0.15, -0.1) is 11.3 Å². The minimum absolute atomic E-state index is 0.177. The molecule has 1 aromatic heterocycles. The fourth-order valence-electron chi connectivity index (χ4n) is 4.51. The van der Waals surface area contributed by atoms with Gasteiger partial charge in [-0.05, 0) is 79.1 Å². The van der Waals surface area contributed by atoms with E-state index in [2.05, 4.69) is 5.32 Å². The molecule has 34 heavy (non-hydrogen) atoms. The molecule has 5 rings (SSSR count). The van der Waals surface area contributed by atoms with Crippen molar-refractivity contribution >= 4 is 44.5 Å². The summed E-state index contributed by atoms with van der Waals surface area (Å²) in [6, 6.07) is 15.5. The number of nitrogens with zero attached hydrogens (tertiary/aromatic N) is 2. The molecule has 0 atom stereocenters. The van der Waals surface area contributed by atoms with Crippen LogP contribution in [-0.2, 0) is 16.4 Å². The Balaban J connectivity index is 1.38. The molecular formula is C25H25N3O4S2. The van der Waals surface area contributed by atoms with Gasteiger partial charge in [0.05, 0.1) is 9.77 Å². The topological polar surface area (TPSA) is 86.8 Å². The Labute approximate surface area is 203 Å². The second-order valence-corrected chi connectivity index (χ2v) is 11.4. The molecule has 0 spiro atoms. The zero-order chi connectivity index (χ0) is 23.7. The van der Waals surface area contributed by atoms with Crippen LogP contribution < -0.4 is 10.2 Å². The molecule has 2 aliphatic heterocycles. The number of benzene rings is 2. The van der Waals surface area contributed by atoms with Crippen molar-refractivity contribution in [3.8, 4) is 0 Å². The molecule has 7 nitrogen and oxygen atoms in total. The first-order valence-electron chi connectivity index (χ1n) is 11.3. The zero-order valence-electron chi connectivity index (χ0n) is 18.6. The summed E-state index contributed by atoms with van der Waals surface area (Å²) in [5.41, 5.74) is 2.62. The molecule has 9 heteroatoms. The fourth-order valence-corrected chi connectivity index (χ4v) is 6.70. The predicted molar refractivity (Wildman–Crippen MR) is 133 cm³/mol. The molecule has 1 saturated heterocycles. The maximum absolute atomic E-state index is 13.4. The summed E-state index contributed by atoms with van der Waals surface area (Å²) < 4.78 is 27.5. The Morgan fingerprint density at radius 2 is 1.74 bits per heavy atom. The Kier molecular flexibility index (Phi) is 6.24. The molecule has 0 aliphatic carbocycles. The zero-order valence-corrected chi connectivity index (χ0v) is 20.2. The SMILES string of the molecule is O=C(Nc1cccc(C(=O)N2CCCc3cc(S(=O)(=O)N4CCCC4)ccc32)c1)c1cccs1. The number of carbonyl (C=O) groups is 2. The molecule has 2 amide bonds. The second kappa shape index (κ2) is 9.32. The summed E-state index contributed by atoms with van der Waals surface area (Å²) in [7, 11) is -3.51. The van der Waals surface area contributed by atoms with E-state index in [1.54, 1.807) is 53.4 Å². The van der Waals surface area contributed by atoms with E-state index in [9.17, 15) is 18.0 Å². The van der Waals surface area contributed by atoms with Crippen LogP contribution in [0.4, 0.5) is 11.4 Å². The molecule has 0 unspecified atom stereocenters. The maximum atomic E-state index is 13.4. The number of aryl methyl sites for hydroxylation is 1. The minimum atomic E-state index is -3.51. The van der Waals surface area contributed by atoms with Gasteiger partial charge in [0, 0.05) is 36.6 Å². The quantitative estimate of drug-likeness (QED) is 0.569. The number of amides is 2. The van der Waals surface area contributed by atoms with Crippen molar-refractivity contribution in [1.29, 1.82) is 0 Å². The maximum Gasteiger partial charge on any atom is 0.265 e. The molecule has 2 aliphatic rings. The van der Waals surface area contributed by atoms with Gasteiger partial charge in [0.15, 0.2) is 0 Å². The van der Waals surface area contributed by atoms with Crippen LogP contribution in [0.1, 0.15) is 44.9 Å². The number of hydrogen-bond donors (Lipinski definition) is 1. The highest BCUT2D eigenvalue weighted by atomic mass is 32.2. The van der Waals surface area contributed by atoms with Gasteiger partial charge < -0.3 is 10.2 Å². The highest BCUT2D eigenvalue weighted by Gasteiger charge is 2.30. The Morgan fingerprint density at radius 3 is 2.50 bits per heavy atom. The smallest absolute Gasteiger partial charge is 0.265 e. The van der Waals surface area contributed by atoms with Crippen molar-refractivity contribution < 1.29 is 18.0 Å². The number of fused-ring (bicyclic) bond motifs is 1. The van der Waals surface area contributed by atoms with Gasteiger partial charge >= 0.3 is 0 Å². The lowest BCUT2D eigenvalue weighted by molar-refractivity contribution is 0.0982. The number of hydrogen-bond acceptors (Lipinski definition) is 5. The third kappa shape index (κ3) is 4.38. The van der Waals surface area contributed by atoms with Gasteiger partial charge in [0.1, 0.15) is 0 Å². The number of sulfonamides is 1. The van der Waals surface area contributed by atoms with E-state index >= 15 is 0 Å². The number of carbonyl (C=O) groups excluding carboxylic acids is 2. The molecule has 0 radical (unpaired) electrons. The molecule has 2 aromatic carbocycles. The normalized spacial score (nSPS) is 16.3. The number of nitrogens with one attached hydrogen (secondary N) is 1. The van der Waals surface area contributed by atoms with Crippen molar-refractivity contribution in [3.63, 3.8) is 0 Å². The number of anilines is 2. The lowest BCUT2D eigenvalue weighted by Gasteiger charge is -2.30. The highest BCUT2D eigenvalue weighted by molar-refractivity contribution is 7.89. The predicted octanol–water partition coefficient (Wildman–Crippen LogP) is 4.38. The Hall–Kier alpha value is -3.01. The first-order valence-corrected chi connectivity index (χ1v) is 13.7. The molecule has 176 valence electrons. The molecule has 1 fully saturated rings. The third-order valence-electron chi connectivity index (χ3n) is 6.23. The van der Waals surface area contributed by atoms with Crippen LogP contribution in [0.5, 0.6) is 0 Å². The first-order chi connectivity index (χ1) is 16.4. The summed E-state index contributed by atoms with van der Waals surface area (Å²) in [4.78, 5) is 28.4. The largest absolute Gasteiger partial charge is 0.321 e. The Bertz CT molecular complexity index is 1330. The van der Waals surface area contributed by atoms with Gasteiger partial charge in [-0.2, -0.15) is 4.31 Å². The second-order valence-electron chi connectivity index (χ2n) is 8.47. The lowest BCUT2D eigenvalue weighted by Crippen LogP contribution is -2.36. The van der Waals surface area contributed by atoms with Gasteiger partial charge in [-0.3, -0.25) is 9.59 Å². The molecule has 1 N–H and O–H groups in total. The summed E-state index contributed by atoms with van der Waals surface area (Å²) >= 11 is 1.35. The van der Waals surface area contributed by atoms with Gasteiger partial charge in [-0.1, -0.05) is 12.1 Å². The molecule has 0 saturated carbocycles. The fraction of sp³-hybridized carbons (Fsp3) is 0.280. The van der Waals surface area contributed by atoms with E-state index in [-0.39, 0.29) is 11.8 Å². The third-order valence-corrected chi connectivity index (χ3v) is 8.99. The number of rotatable bonds is 5. The molecular weight excluding hydrogens is 470 g/mol. The average Bonchev–Trinajstić information content (AvgIpc) is 3.58. The van der Waals surface area contributed by atoms with Crippen LogP contribution in [0.25, 0.3) is 0 Å². The van der Waals surface area contributed by atoms with E-state index in [4.69, 9.17) is 0 Å². The van der Waals surface area contributed by atoms with Crippen LogP contribution in [-0.4, -0.2) is 44.2 Å². The van der Waals surface area contributed by atoms with Crippen molar-refractivity contribution in [2.24, 2.45) is 0 Å². The van der Waals surface area contributed by atoms with Crippen molar-refractivity contribution in [1.82, 2.24) is 4.31 Å². The van der Waals surface area contributed by atoms with E-state index in [1.165, 1.54) is 15.6 Å². The van der Waals surface area contributed by atoms with Gasteiger partial charge in [0.25, 0.3) is 11.8 Å². The van der Waals surface area contributed by atoms with E-state index in [0.717, 1.165) is 36.9 Å². The van der Waals surface area contributed by atoms with Crippen molar-refractivity contribution in [2.45, 2.75) is 30.6 Å². The summed E-state index contributed by atoms with van der Waals surface area (Å²) in [6.45, 7) is 1.67. The Morgan fingerprint density at radius 1 is 0.912 bits per heavy atom.